The van der Waals surface area contributed by atoms with Gasteiger partial charge in [0.1, 0.15) is 0 Å². The Morgan fingerprint density at radius 1 is 1.25 bits per heavy atom. The number of esters is 1. The highest BCUT2D eigenvalue weighted by Crippen LogP contribution is 2.04. The first-order valence-electron chi connectivity index (χ1n) is 6.15. The normalized spacial score (nSPS) is 12.4. The Morgan fingerprint density at radius 2 is 2.00 bits per heavy atom. The van der Waals surface area contributed by atoms with E-state index in [1.807, 2.05) is 0 Å². The van der Waals surface area contributed by atoms with Gasteiger partial charge in [-0.3, -0.25) is 4.79 Å². The van der Waals surface area contributed by atoms with Crippen LogP contribution in [0.4, 0.5) is 0 Å². The molecule has 0 aliphatic carbocycles. The Labute approximate surface area is 97.6 Å². The van der Waals surface area contributed by atoms with Gasteiger partial charge in [0, 0.05) is 19.4 Å². The molecule has 0 bridgehead atoms. The fraction of sp³-hybridized carbons (Fsp3) is 0.917. The molecule has 0 aromatic heterocycles. The fourth-order valence-electron chi connectivity index (χ4n) is 1.37. The highest BCUT2D eigenvalue weighted by Gasteiger charge is 2.06. The molecule has 4 nitrogen and oxygen atoms in total. The van der Waals surface area contributed by atoms with Crippen molar-refractivity contribution < 1.29 is 19.7 Å². The van der Waals surface area contributed by atoms with Crippen LogP contribution in [0.3, 0.4) is 0 Å². The van der Waals surface area contributed by atoms with Gasteiger partial charge in [0.25, 0.3) is 0 Å². The molecule has 0 saturated heterocycles. The third-order valence-electron chi connectivity index (χ3n) is 2.41. The van der Waals surface area contributed by atoms with Crippen molar-refractivity contribution >= 4 is 5.97 Å². The van der Waals surface area contributed by atoms with Gasteiger partial charge < -0.3 is 14.9 Å². The van der Waals surface area contributed by atoms with Gasteiger partial charge in [-0.25, -0.2) is 0 Å². The lowest BCUT2D eigenvalue weighted by atomic mass is 10.1. The Kier molecular flexibility index (Phi) is 10.5. The van der Waals surface area contributed by atoms with Gasteiger partial charge in [-0.1, -0.05) is 26.2 Å². The van der Waals surface area contributed by atoms with Gasteiger partial charge in [0.15, 0.2) is 0 Å². The number of carbonyl (C=O) groups is 1. The summed E-state index contributed by atoms with van der Waals surface area (Å²) in [6.45, 7) is 2.33. The topological polar surface area (TPSA) is 66.8 Å². The first-order chi connectivity index (χ1) is 7.70. The van der Waals surface area contributed by atoms with Crippen molar-refractivity contribution in [2.24, 2.45) is 0 Å². The molecule has 1 unspecified atom stereocenters. The molecule has 1 atom stereocenters. The number of hydrogen-bond donors (Lipinski definition) is 2. The van der Waals surface area contributed by atoms with Crippen molar-refractivity contribution in [3.8, 4) is 0 Å². The van der Waals surface area contributed by atoms with Crippen LogP contribution in [-0.2, 0) is 9.53 Å². The summed E-state index contributed by atoms with van der Waals surface area (Å²) >= 11 is 0. The molecule has 0 spiro atoms. The second kappa shape index (κ2) is 10.9. The third-order valence-corrected chi connectivity index (χ3v) is 2.41. The summed E-state index contributed by atoms with van der Waals surface area (Å²) in [7, 11) is 0. The van der Waals surface area contributed by atoms with Crippen molar-refractivity contribution in [1.29, 1.82) is 0 Å². The van der Waals surface area contributed by atoms with Crippen molar-refractivity contribution in [2.75, 3.05) is 13.2 Å². The molecule has 0 radical (unpaired) electrons. The summed E-state index contributed by atoms with van der Waals surface area (Å²) in [5.41, 5.74) is 0. The van der Waals surface area contributed by atoms with Crippen LogP contribution < -0.4 is 0 Å². The van der Waals surface area contributed by atoms with Gasteiger partial charge in [0.2, 0.25) is 0 Å². The number of hydrogen-bond acceptors (Lipinski definition) is 4. The van der Waals surface area contributed by atoms with Gasteiger partial charge >= 0.3 is 5.97 Å². The molecule has 0 fully saturated rings. The number of rotatable bonds is 10. The highest BCUT2D eigenvalue weighted by atomic mass is 16.5. The summed E-state index contributed by atoms with van der Waals surface area (Å²) in [6.07, 6.45) is 4.90. The minimum atomic E-state index is -0.571. The molecule has 0 heterocycles. The summed E-state index contributed by atoms with van der Waals surface area (Å²) in [6, 6.07) is 0. The van der Waals surface area contributed by atoms with E-state index in [4.69, 9.17) is 9.84 Å². The Morgan fingerprint density at radius 3 is 2.62 bits per heavy atom. The van der Waals surface area contributed by atoms with E-state index >= 15 is 0 Å². The van der Waals surface area contributed by atoms with E-state index in [0.29, 0.717) is 19.3 Å². The van der Waals surface area contributed by atoms with E-state index in [0.717, 1.165) is 25.7 Å². The molecule has 0 aliphatic heterocycles. The third kappa shape index (κ3) is 9.93. The second-order valence-corrected chi connectivity index (χ2v) is 3.99. The number of aliphatic hydroxyl groups is 2. The van der Waals surface area contributed by atoms with Crippen LogP contribution >= 0.6 is 0 Å². The Balaban J connectivity index is 3.29. The number of carbonyl (C=O) groups excluding carboxylic acids is 1. The lowest BCUT2D eigenvalue weighted by Gasteiger charge is -2.09. The van der Waals surface area contributed by atoms with Crippen LogP contribution in [0.5, 0.6) is 0 Å². The first-order valence-corrected chi connectivity index (χ1v) is 6.15. The van der Waals surface area contributed by atoms with Crippen LogP contribution in [0.1, 0.15) is 51.9 Å². The van der Waals surface area contributed by atoms with Crippen LogP contribution in [0, 0.1) is 0 Å². The molecular weight excluding hydrogens is 208 g/mol. The molecule has 0 aliphatic rings. The van der Waals surface area contributed by atoms with E-state index in [-0.39, 0.29) is 19.2 Å². The standard InChI is InChI=1S/C12H24O4/c1-2-3-4-5-6-12(15)16-10-8-11(14)7-9-13/h11,13-14H,2-10H2,1H3. The monoisotopic (exact) mass is 232 g/mol. The van der Waals surface area contributed by atoms with E-state index in [2.05, 4.69) is 6.92 Å². The highest BCUT2D eigenvalue weighted by molar-refractivity contribution is 5.69. The average molecular weight is 232 g/mol. The smallest absolute Gasteiger partial charge is 0.305 e. The molecule has 96 valence electrons. The second-order valence-electron chi connectivity index (χ2n) is 3.99. The van der Waals surface area contributed by atoms with E-state index in [9.17, 15) is 9.90 Å². The number of unbranched alkanes of at least 4 members (excludes halogenated alkanes) is 3. The number of ether oxygens (including phenoxy) is 1. The molecule has 0 rings (SSSR count). The first kappa shape index (κ1) is 15.4. The minimum absolute atomic E-state index is 0.0356. The lowest BCUT2D eigenvalue weighted by Crippen LogP contribution is -2.14. The minimum Gasteiger partial charge on any atom is -0.466 e. The van der Waals surface area contributed by atoms with Gasteiger partial charge in [-0.15, -0.1) is 0 Å². The molecular formula is C12H24O4. The predicted molar refractivity (Wildman–Crippen MR) is 62.0 cm³/mol. The maximum Gasteiger partial charge on any atom is 0.305 e. The van der Waals surface area contributed by atoms with Crippen molar-refractivity contribution in [3.63, 3.8) is 0 Å². The Hall–Kier alpha value is -0.610. The molecule has 0 amide bonds. The van der Waals surface area contributed by atoms with Crippen LogP contribution in [0.15, 0.2) is 0 Å². The maximum atomic E-state index is 11.2. The van der Waals surface area contributed by atoms with Crippen LogP contribution in [-0.4, -0.2) is 35.5 Å². The summed E-state index contributed by atoms with van der Waals surface area (Å²) in [4.78, 5) is 11.2. The van der Waals surface area contributed by atoms with Gasteiger partial charge in [0.05, 0.1) is 12.7 Å². The van der Waals surface area contributed by atoms with E-state index in [1.165, 1.54) is 0 Å². The predicted octanol–water partition coefficient (Wildman–Crippen LogP) is 1.63. The summed E-state index contributed by atoms with van der Waals surface area (Å²) in [5, 5.41) is 17.8. The Bertz CT molecular complexity index is 170. The van der Waals surface area contributed by atoms with E-state index < -0.39 is 6.10 Å². The van der Waals surface area contributed by atoms with Crippen molar-refractivity contribution in [2.45, 2.75) is 58.0 Å². The molecule has 0 aromatic carbocycles. The van der Waals surface area contributed by atoms with E-state index in [1.54, 1.807) is 0 Å². The quantitative estimate of drug-likeness (QED) is 0.444. The zero-order valence-corrected chi connectivity index (χ0v) is 10.2. The largest absolute Gasteiger partial charge is 0.466 e. The zero-order chi connectivity index (χ0) is 12.2. The summed E-state index contributed by atoms with van der Waals surface area (Å²) in [5.74, 6) is -0.188. The molecule has 2 N–H and O–H groups in total. The van der Waals surface area contributed by atoms with Crippen LogP contribution in [0.2, 0.25) is 0 Å². The SMILES string of the molecule is CCCCCCC(=O)OCCC(O)CCO. The zero-order valence-electron chi connectivity index (χ0n) is 10.2. The van der Waals surface area contributed by atoms with Crippen LogP contribution in [0.25, 0.3) is 0 Å². The summed E-state index contributed by atoms with van der Waals surface area (Å²) < 4.78 is 4.96. The lowest BCUT2D eigenvalue weighted by molar-refractivity contribution is -0.144. The van der Waals surface area contributed by atoms with Gasteiger partial charge in [-0.2, -0.15) is 0 Å². The fourth-order valence-corrected chi connectivity index (χ4v) is 1.37. The number of aliphatic hydroxyl groups excluding tert-OH is 2. The van der Waals surface area contributed by atoms with Crippen molar-refractivity contribution in [3.05, 3.63) is 0 Å². The molecule has 4 heteroatoms. The molecule has 16 heavy (non-hydrogen) atoms. The molecule has 0 saturated carbocycles. The molecule has 0 aromatic rings. The average Bonchev–Trinajstić information content (AvgIpc) is 2.25. The van der Waals surface area contributed by atoms with Gasteiger partial charge in [-0.05, 0) is 12.8 Å². The van der Waals surface area contributed by atoms with Crippen molar-refractivity contribution in [1.82, 2.24) is 0 Å². The maximum absolute atomic E-state index is 11.2.